The van der Waals surface area contributed by atoms with Gasteiger partial charge in [-0.1, -0.05) is 19.1 Å². The van der Waals surface area contributed by atoms with Crippen LogP contribution in [0.4, 0.5) is 10.2 Å². The number of nitrogens with zero attached hydrogens (tertiary/aromatic N) is 5. The largest absolute Gasteiger partial charge is 0.354 e. The Morgan fingerprint density at radius 1 is 1.07 bits per heavy atom. The normalized spacial score (nSPS) is 18.8. The van der Waals surface area contributed by atoms with E-state index in [0.29, 0.717) is 55.5 Å². The molecule has 0 aliphatic carbocycles. The first kappa shape index (κ1) is 17.8. The molecule has 27 heavy (non-hydrogen) atoms. The summed E-state index contributed by atoms with van der Waals surface area (Å²) in [5, 5.41) is 0. The first-order valence-corrected chi connectivity index (χ1v) is 10.4. The predicted molar refractivity (Wildman–Crippen MR) is 99.9 cm³/mol. The second kappa shape index (κ2) is 6.88. The SMILES string of the molecule is CCc1ncnc(N2CCCN(C3=NS(=O)(=O)c4ccccc43)CC2)c1F. The Balaban J connectivity index is 1.59. The summed E-state index contributed by atoms with van der Waals surface area (Å²) in [6, 6.07) is 6.86. The number of rotatable bonds is 2. The summed E-state index contributed by atoms with van der Waals surface area (Å²) < 4.78 is 43.2. The average molecular weight is 389 g/mol. The minimum absolute atomic E-state index is 0.246. The van der Waals surface area contributed by atoms with Crippen molar-refractivity contribution in [3.8, 4) is 0 Å². The Morgan fingerprint density at radius 3 is 2.63 bits per heavy atom. The lowest BCUT2D eigenvalue weighted by molar-refractivity contribution is 0.449. The van der Waals surface area contributed by atoms with E-state index in [0.717, 1.165) is 6.42 Å². The van der Waals surface area contributed by atoms with Crippen molar-refractivity contribution in [3.63, 3.8) is 0 Å². The summed E-state index contributed by atoms with van der Waals surface area (Å²) in [5.74, 6) is 0.412. The van der Waals surface area contributed by atoms with Gasteiger partial charge in [-0.15, -0.1) is 4.40 Å². The number of aromatic nitrogens is 2. The standard InChI is InChI=1S/C18H20FN5O2S/c1-2-14-16(19)18(21-12-20-14)24-9-5-8-23(10-11-24)17-13-6-3-4-7-15(13)27(25,26)22-17/h3-4,6-7,12H,2,5,8-11H2,1H3. The van der Waals surface area contributed by atoms with E-state index in [1.165, 1.54) is 6.33 Å². The number of aryl methyl sites for hydroxylation is 1. The number of halogens is 1. The second-order valence-corrected chi connectivity index (χ2v) is 8.10. The molecular weight excluding hydrogens is 369 g/mol. The first-order chi connectivity index (χ1) is 13.0. The fraction of sp³-hybridized carbons (Fsp3) is 0.389. The lowest BCUT2D eigenvalue weighted by atomic mass is 10.2. The fourth-order valence-corrected chi connectivity index (χ4v) is 4.75. The van der Waals surface area contributed by atoms with E-state index in [4.69, 9.17) is 0 Å². The minimum Gasteiger partial charge on any atom is -0.354 e. The van der Waals surface area contributed by atoms with Crippen LogP contribution in [0.5, 0.6) is 0 Å². The van der Waals surface area contributed by atoms with Gasteiger partial charge in [-0.05, 0) is 25.0 Å². The zero-order valence-electron chi connectivity index (χ0n) is 15.0. The highest BCUT2D eigenvalue weighted by Gasteiger charge is 2.32. The van der Waals surface area contributed by atoms with Crippen LogP contribution in [0.1, 0.15) is 24.6 Å². The van der Waals surface area contributed by atoms with Gasteiger partial charge in [0.25, 0.3) is 10.0 Å². The van der Waals surface area contributed by atoms with Crippen molar-refractivity contribution in [3.05, 3.63) is 47.7 Å². The molecule has 4 rings (SSSR count). The molecule has 2 aliphatic heterocycles. The Morgan fingerprint density at radius 2 is 1.81 bits per heavy atom. The number of benzene rings is 1. The van der Waals surface area contributed by atoms with Crippen LogP contribution in [0.25, 0.3) is 0 Å². The van der Waals surface area contributed by atoms with Gasteiger partial charge in [-0.3, -0.25) is 0 Å². The summed E-state index contributed by atoms with van der Waals surface area (Å²) in [4.78, 5) is 12.2. The minimum atomic E-state index is -3.65. The number of hydrogen-bond donors (Lipinski definition) is 0. The van der Waals surface area contributed by atoms with Crippen LogP contribution in [0, 0.1) is 5.82 Å². The third-order valence-corrected chi connectivity index (χ3v) is 6.21. The van der Waals surface area contributed by atoms with Crippen molar-refractivity contribution in [2.45, 2.75) is 24.7 Å². The Hall–Kier alpha value is -2.55. The Labute approximate surface area is 157 Å². The Kier molecular flexibility index (Phi) is 4.55. The molecule has 2 aliphatic rings. The molecule has 1 aromatic carbocycles. The maximum Gasteiger partial charge on any atom is 0.285 e. The molecular formula is C18H20FN5O2S. The molecule has 2 aromatic rings. The average Bonchev–Trinajstić information content (AvgIpc) is 2.82. The molecule has 0 bridgehead atoms. The van der Waals surface area contributed by atoms with Crippen molar-refractivity contribution in [1.82, 2.24) is 14.9 Å². The number of sulfonamides is 1. The van der Waals surface area contributed by atoms with Gasteiger partial charge in [0.05, 0.1) is 5.69 Å². The smallest absolute Gasteiger partial charge is 0.285 e. The number of amidine groups is 1. The predicted octanol–water partition coefficient (Wildman–Crippen LogP) is 1.84. The van der Waals surface area contributed by atoms with E-state index < -0.39 is 10.0 Å². The molecule has 1 saturated heterocycles. The van der Waals surface area contributed by atoms with Gasteiger partial charge >= 0.3 is 0 Å². The van der Waals surface area contributed by atoms with Crippen LogP contribution in [0.15, 0.2) is 39.9 Å². The third-order valence-electron chi connectivity index (χ3n) is 4.89. The molecule has 0 atom stereocenters. The lowest BCUT2D eigenvalue weighted by Crippen LogP contribution is -2.35. The number of fused-ring (bicyclic) bond motifs is 1. The summed E-state index contributed by atoms with van der Waals surface area (Å²) in [6.07, 6.45) is 2.64. The van der Waals surface area contributed by atoms with Crippen LogP contribution < -0.4 is 4.90 Å². The number of hydrogen-bond acceptors (Lipinski definition) is 6. The summed E-state index contributed by atoms with van der Waals surface area (Å²) in [6.45, 7) is 4.20. The van der Waals surface area contributed by atoms with Crippen LogP contribution in [-0.2, 0) is 16.4 Å². The third kappa shape index (κ3) is 3.16. The maximum atomic E-state index is 14.6. The molecule has 9 heteroatoms. The van der Waals surface area contributed by atoms with Crippen LogP contribution in [-0.4, -0.2) is 55.3 Å². The summed E-state index contributed by atoms with van der Waals surface area (Å²) in [7, 11) is -3.65. The zero-order chi connectivity index (χ0) is 19.0. The van der Waals surface area contributed by atoms with Gasteiger partial charge in [0.1, 0.15) is 11.2 Å². The van der Waals surface area contributed by atoms with E-state index >= 15 is 0 Å². The summed E-state index contributed by atoms with van der Waals surface area (Å²) >= 11 is 0. The van der Waals surface area contributed by atoms with Crippen molar-refractivity contribution in [1.29, 1.82) is 0 Å². The quantitative estimate of drug-likeness (QED) is 0.780. The van der Waals surface area contributed by atoms with Crippen molar-refractivity contribution < 1.29 is 12.8 Å². The molecule has 3 heterocycles. The highest BCUT2D eigenvalue weighted by molar-refractivity contribution is 7.90. The topological polar surface area (TPSA) is 78.8 Å². The molecule has 142 valence electrons. The van der Waals surface area contributed by atoms with Gasteiger partial charge in [-0.25, -0.2) is 14.4 Å². The van der Waals surface area contributed by atoms with E-state index in [1.807, 2.05) is 22.8 Å². The van der Waals surface area contributed by atoms with Gasteiger partial charge in [-0.2, -0.15) is 8.42 Å². The van der Waals surface area contributed by atoms with E-state index in [1.54, 1.807) is 18.2 Å². The van der Waals surface area contributed by atoms with Gasteiger partial charge in [0.15, 0.2) is 17.5 Å². The van der Waals surface area contributed by atoms with E-state index in [9.17, 15) is 12.8 Å². The molecule has 0 spiro atoms. The second-order valence-electron chi connectivity index (χ2n) is 6.53. The van der Waals surface area contributed by atoms with Gasteiger partial charge < -0.3 is 9.80 Å². The monoisotopic (exact) mass is 389 g/mol. The highest BCUT2D eigenvalue weighted by Crippen LogP contribution is 2.28. The fourth-order valence-electron chi connectivity index (χ4n) is 3.52. The molecule has 1 aromatic heterocycles. The van der Waals surface area contributed by atoms with E-state index in [-0.39, 0.29) is 10.7 Å². The molecule has 1 fully saturated rings. The van der Waals surface area contributed by atoms with Crippen LogP contribution >= 0.6 is 0 Å². The maximum absolute atomic E-state index is 14.6. The first-order valence-electron chi connectivity index (χ1n) is 8.95. The van der Waals surface area contributed by atoms with Gasteiger partial charge in [0.2, 0.25) is 0 Å². The van der Waals surface area contributed by atoms with E-state index in [2.05, 4.69) is 14.4 Å². The number of anilines is 1. The summed E-state index contributed by atoms with van der Waals surface area (Å²) in [5.41, 5.74) is 1.04. The highest BCUT2D eigenvalue weighted by atomic mass is 32.2. The van der Waals surface area contributed by atoms with Gasteiger partial charge in [0, 0.05) is 31.7 Å². The molecule has 0 saturated carbocycles. The van der Waals surface area contributed by atoms with Crippen molar-refractivity contribution >= 4 is 21.7 Å². The van der Waals surface area contributed by atoms with Crippen molar-refractivity contribution in [2.75, 3.05) is 31.1 Å². The van der Waals surface area contributed by atoms with Crippen LogP contribution in [0.3, 0.4) is 0 Å². The molecule has 0 unspecified atom stereocenters. The molecule has 0 N–H and O–H groups in total. The van der Waals surface area contributed by atoms with Crippen molar-refractivity contribution in [2.24, 2.45) is 4.40 Å². The molecule has 0 amide bonds. The Bertz CT molecular complexity index is 1010. The molecule has 7 nitrogen and oxygen atoms in total. The lowest BCUT2D eigenvalue weighted by Gasteiger charge is -2.24. The molecule has 0 radical (unpaired) electrons. The zero-order valence-corrected chi connectivity index (χ0v) is 15.8. The van der Waals surface area contributed by atoms with Crippen LogP contribution in [0.2, 0.25) is 0 Å².